The number of thioether (sulfide) groups is 1. The fourth-order valence-electron chi connectivity index (χ4n) is 3.12. The van der Waals surface area contributed by atoms with Crippen LogP contribution in [0.25, 0.3) is 0 Å². The first-order valence-corrected chi connectivity index (χ1v) is 10.2. The molecule has 5 nitrogen and oxygen atoms in total. The van der Waals surface area contributed by atoms with Crippen molar-refractivity contribution in [1.29, 1.82) is 0 Å². The van der Waals surface area contributed by atoms with Crippen molar-refractivity contribution < 1.29 is 4.79 Å². The van der Waals surface area contributed by atoms with E-state index >= 15 is 0 Å². The molecule has 0 aromatic heterocycles. The molecule has 1 fully saturated rings. The standard InChI is InChI=1S/C19H30N4OS/c1-20-19(21-13-12-18(24)22-16-6-4-5-7-16)23(2)14-15-8-10-17(25-3)11-9-15/h8-11,16H,4-7,12-14H2,1-3H3,(H,20,21)(H,22,24). The van der Waals surface area contributed by atoms with E-state index in [-0.39, 0.29) is 5.91 Å². The number of carbonyl (C=O) groups is 1. The normalized spacial score (nSPS) is 15.2. The maximum Gasteiger partial charge on any atom is 0.221 e. The fraction of sp³-hybridized carbons (Fsp3) is 0.579. The van der Waals surface area contributed by atoms with E-state index in [4.69, 9.17) is 0 Å². The molecule has 0 unspecified atom stereocenters. The number of hydrogen-bond acceptors (Lipinski definition) is 3. The van der Waals surface area contributed by atoms with Crippen molar-refractivity contribution in [2.75, 3.05) is 26.9 Å². The number of nitrogens with one attached hydrogen (secondary N) is 2. The Morgan fingerprint density at radius 2 is 1.96 bits per heavy atom. The molecule has 1 aromatic carbocycles. The summed E-state index contributed by atoms with van der Waals surface area (Å²) in [6.07, 6.45) is 7.27. The summed E-state index contributed by atoms with van der Waals surface area (Å²) < 4.78 is 0. The lowest BCUT2D eigenvalue weighted by atomic mass is 10.2. The van der Waals surface area contributed by atoms with Gasteiger partial charge in [-0.25, -0.2) is 0 Å². The third kappa shape index (κ3) is 6.61. The van der Waals surface area contributed by atoms with E-state index < -0.39 is 0 Å². The molecule has 0 aliphatic heterocycles. The first kappa shape index (κ1) is 19.6. The summed E-state index contributed by atoms with van der Waals surface area (Å²) in [6, 6.07) is 8.95. The third-order valence-electron chi connectivity index (χ3n) is 4.51. The van der Waals surface area contributed by atoms with E-state index in [9.17, 15) is 4.79 Å². The number of hydrogen-bond donors (Lipinski definition) is 2. The Hall–Kier alpha value is -1.69. The van der Waals surface area contributed by atoms with Gasteiger partial charge < -0.3 is 15.5 Å². The van der Waals surface area contributed by atoms with E-state index in [0.717, 1.165) is 25.3 Å². The van der Waals surface area contributed by atoms with Gasteiger partial charge in [0.15, 0.2) is 5.96 Å². The van der Waals surface area contributed by atoms with Crippen molar-refractivity contribution >= 4 is 23.6 Å². The molecular formula is C19H30N4OS. The van der Waals surface area contributed by atoms with Crippen LogP contribution in [0.4, 0.5) is 0 Å². The van der Waals surface area contributed by atoms with E-state index in [1.54, 1.807) is 18.8 Å². The van der Waals surface area contributed by atoms with Crippen LogP contribution in [0.15, 0.2) is 34.2 Å². The van der Waals surface area contributed by atoms with Gasteiger partial charge in [0.05, 0.1) is 0 Å². The van der Waals surface area contributed by atoms with Crippen molar-refractivity contribution in [3.63, 3.8) is 0 Å². The summed E-state index contributed by atoms with van der Waals surface area (Å²) in [5.41, 5.74) is 1.24. The van der Waals surface area contributed by atoms with Gasteiger partial charge in [-0.05, 0) is 36.8 Å². The molecule has 25 heavy (non-hydrogen) atoms. The molecule has 0 heterocycles. The highest BCUT2D eigenvalue weighted by molar-refractivity contribution is 7.98. The highest BCUT2D eigenvalue weighted by atomic mass is 32.2. The van der Waals surface area contributed by atoms with Crippen molar-refractivity contribution in [1.82, 2.24) is 15.5 Å². The zero-order chi connectivity index (χ0) is 18.1. The quantitative estimate of drug-likeness (QED) is 0.445. The molecule has 2 rings (SSSR count). The monoisotopic (exact) mass is 362 g/mol. The van der Waals surface area contributed by atoms with Crippen molar-refractivity contribution in [3.05, 3.63) is 29.8 Å². The number of rotatable bonds is 7. The number of aliphatic imine (C=N–C) groups is 1. The molecule has 0 bridgehead atoms. The van der Waals surface area contributed by atoms with Crippen LogP contribution >= 0.6 is 11.8 Å². The highest BCUT2D eigenvalue weighted by Gasteiger charge is 2.16. The second kappa shape index (κ2) is 10.3. The molecule has 1 amide bonds. The predicted molar refractivity (Wildman–Crippen MR) is 106 cm³/mol. The minimum absolute atomic E-state index is 0.130. The van der Waals surface area contributed by atoms with Crippen LogP contribution in [-0.2, 0) is 11.3 Å². The lowest BCUT2D eigenvalue weighted by Gasteiger charge is -2.22. The lowest BCUT2D eigenvalue weighted by molar-refractivity contribution is -0.121. The summed E-state index contributed by atoms with van der Waals surface area (Å²) in [7, 11) is 3.78. The molecule has 138 valence electrons. The summed E-state index contributed by atoms with van der Waals surface area (Å²) >= 11 is 1.74. The van der Waals surface area contributed by atoms with Crippen LogP contribution in [0.5, 0.6) is 0 Å². The molecule has 0 spiro atoms. The van der Waals surface area contributed by atoms with Gasteiger partial charge in [-0.15, -0.1) is 11.8 Å². The van der Waals surface area contributed by atoms with Crippen LogP contribution in [0, 0.1) is 0 Å². The fourth-order valence-corrected chi connectivity index (χ4v) is 3.53. The van der Waals surface area contributed by atoms with E-state index in [1.165, 1.54) is 23.3 Å². The molecule has 1 aromatic rings. The predicted octanol–water partition coefficient (Wildman–Crippen LogP) is 2.86. The van der Waals surface area contributed by atoms with E-state index in [2.05, 4.69) is 51.0 Å². The molecule has 0 atom stereocenters. The van der Waals surface area contributed by atoms with Gasteiger partial charge >= 0.3 is 0 Å². The van der Waals surface area contributed by atoms with E-state index in [1.807, 2.05) is 7.05 Å². The molecule has 1 saturated carbocycles. The summed E-state index contributed by atoms with van der Waals surface area (Å²) in [5, 5.41) is 6.39. The minimum Gasteiger partial charge on any atom is -0.356 e. The van der Waals surface area contributed by atoms with Crippen LogP contribution in [0.2, 0.25) is 0 Å². The first-order valence-electron chi connectivity index (χ1n) is 8.96. The average molecular weight is 363 g/mol. The van der Waals surface area contributed by atoms with E-state index in [0.29, 0.717) is 19.0 Å². The van der Waals surface area contributed by atoms with Gasteiger partial charge in [0.1, 0.15) is 0 Å². The number of nitrogens with zero attached hydrogens (tertiary/aromatic N) is 2. The Morgan fingerprint density at radius 1 is 1.28 bits per heavy atom. The minimum atomic E-state index is 0.130. The summed E-state index contributed by atoms with van der Waals surface area (Å²) in [6.45, 7) is 1.38. The van der Waals surface area contributed by atoms with Gasteiger partial charge in [-0.1, -0.05) is 25.0 Å². The Balaban J connectivity index is 1.73. The van der Waals surface area contributed by atoms with Gasteiger partial charge in [0, 0.05) is 44.5 Å². The van der Waals surface area contributed by atoms with Crippen LogP contribution in [0.3, 0.4) is 0 Å². The third-order valence-corrected chi connectivity index (χ3v) is 5.25. The van der Waals surface area contributed by atoms with Crippen LogP contribution in [-0.4, -0.2) is 49.7 Å². The van der Waals surface area contributed by atoms with Crippen molar-refractivity contribution in [2.45, 2.75) is 49.6 Å². The molecule has 0 saturated heterocycles. The van der Waals surface area contributed by atoms with Gasteiger partial charge in [-0.3, -0.25) is 9.79 Å². The van der Waals surface area contributed by atoms with Crippen LogP contribution in [0.1, 0.15) is 37.7 Å². The Kier molecular flexibility index (Phi) is 8.12. The number of amides is 1. The smallest absolute Gasteiger partial charge is 0.221 e. The molecule has 1 aliphatic rings. The zero-order valence-corrected chi connectivity index (χ0v) is 16.4. The Morgan fingerprint density at radius 3 is 2.56 bits per heavy atom. The zero-order valence-electron chi connectivity index (χ0n) is 15.5. The van der Waals surface area contributed by atoms with Gasteiger partial charge in [-0.2, -0.15) is 0 Å². The lowest BCUT2D eigenvalue weighted by Crippen LogP contribution is -2.41. The van der Waals surface area contributed by atoms with Gasteiger partial charge in [0.2, 0.25) is 5.91 Å². The topological polar surface area (TPSA) is 56.7 Å². The largest absolute Gasteiger partial charge is 0.356 e. The van der Waals surface area contributed by atoms with Crippen molar-refractivity contribution in [3.8, 4) is 0 Å². The van der Waals surface area contributed by atoms with Crippen molar-refractivity contribution in [2.24, 2.45) is 4.99 Å². The van der Waals surface area contributed by atoms with Crippen LogP contribution < -0.4 is 10.6 Å². The summed E-state index contributed by atoms with van der Waals surface area (Å²) in [5.74, 6) is 0.938. The molecule has 1 aliphatic carbocycles. The maximum atomic E-state index is 12.0. The Labute approximate surface area is 155 Å². The molecule has 0 radical (unpaired) electrons. The Bertz CT molecular complexity index is 567. The first-order chi connectivity index (χ1) is 12.1. The maximum absolute atomic E-state index is 12.0. The van der Waals surface area contributed by atoms with Gasteiger partial charge in [0.25, 0.3) is 0 Å². The number of guanidine groups is 1. The second-order valence-corrected chi connectivity index (χ2v) is 7.36. The molecule has 2 N–H and O–H groups in total. The molecule has 6 heteroatoms. The number of carbonyl (C=O) groups excluding carboxylic acids is 1. The highest BCUT2D eigenvalue weighted by Crippen LogP contribution is 2.17. The molecular weight excluding hydrogens is 332 g/mol. The SMILES string of the molecule is CN=C(NCCC(=O)NC1CCCC1)N(C)Cc1ccc(SC)cc1. The summed E-state index contributed by atoms with van der Waals surface area (Å²) in [4.78, 5) is 19.6. The average Bonchev–Trinajstić information content (AvgIpc) is 3.12. The number of benzene rings is 1. The second-order valence-electron chi connectivity index (χ2n) is 6.48.